The van der Waals surface area contributed by atoms with E-state index < -0.39 is 6.10 Å². The summed E-state index contributed by atoms with van der Waals surface area (Å²) in [6.45, 7) is 6.43. The van der Waals surface area contributed by atoms with Crippen molar-refractivity contribution in [3.63, 3.8) is 0 Å². The van der Waals surface area contributed by atoms with Crippen LogP contribution in [0.1, 0.15) is 265 Å². The molecule has 0 aliphatic carbocycles. The molecule has 0 aliphatic heterocycles. The Balaban J connectivity index is 4.34. The summed E-state index contributed by atoms with van der Waals surface area (Å²) in [6.07, 6.45) is 75.4. The van der Waals surface area contributed by atoms with E-state index in [-0.39, 0.29) is 31.1 Å². The first-order valence-corrected chi connectivity index (χ1v) is 28.7. The number of hydrogen-bond donors (Lipinski definition) is 0. The lowest BCUT2D eigenvalue weighted by atomic mass is 10.1. The van der Waals surface area contributed by atoms with Crippen LogP contribution in [0.5, 0.6) is 0 Å². The van der Waals surface area contributed by atoms with Crippen molar-refractivity contribution < 1.29 is 28.6 Å². The zero-order valence-electron chi connectivity index (χ0n) is 45.0. The van der Waals surface area contributed by atoms with Crippen molar-refractivity contribution in [3.8, 4) is 0 Å². The lowest BCUT2D eigenvalue weighted by molar-refractivity contribution is -0.167. The van der Waals surface area contributed by atoms with E-state index in [1.807, 2.05) is 0 Å². The largest absolute Gasteiger partial charge is 0.462 e. The molecule has 1 unspecified atom stereocenters. The van der Waals surface area contributed by atoms with Gasteiger partial charge in [0, 0.05) is 19.3 Å². The minimum Gasteiger partial charge on any atom is -0.462 e. The van der Waals surface area contributed by atoms with Crippen LogP contribution in [0.2, 0.25) is 0 Å². The van der Waals surface area contributed by atoms with E-state index in [1.54, 1.807) is 0 Å². The second-order valence-corrected chi connectivity index (χ2v) is 18.8. The highest BCUT2D eigenvalue weighted by Gasteiger charge is 2.19. The van der Waals surface area contributed by atoms with E-state index in [9.17, 15) is 14.4 Å². The predicted octanol–water partition coefficient (Wildman–Crippen LogP) is 19.3. The monoisotopic (exact) mass is 959 g/mol. The van der Waals surface area contributed by atoms with Crippen LogP contribution < -0.4 is 0 Å². The number of hydrogen-bond acceptors (Lipinski definition) is 6. The summed E-state index contributed by atoms with van der Waals surface area (Å²) < 4.78 is 16.8. The Hall–Kier alpha value is -3.67. The van der Waals surface area contributed by atoms with Gasteiger partial charge in [0.2, 0.25) is 0 Å². The molecule has 394 valence electrons. The Kier molecular flexibility index (Phi) is 53.9. The molecule has 0 aromatic rings. The first kappa shape index (κ1) is 65.3. The molecule has 0 aromatic heterocycles. The summed E-state index contributed by atoms with van der Waals surface area (Å²) >= 11 is 0. The summed E-state index contributed by atoms with van der Waals surface area (Å²) in [4.78, 5) is 38.1. The average molecular weight is 960 g/mol. The maximum Gasteiger partial charge on any atom is 0.306 e. The van der Waals surface area contributed by atoms with Crippen LogP contribution in [-0.2, 0) is 28.6 Å². The van der Waals surface area contributed by atoms with Gasteiger partial charge in [0.15, 0.2) is 6.10 Å². The van der Waals surface area contributed by atoms with Gasteiger partial charge in [-0.25, -0.2) is 0 Å². The van der Waals surface area contributed by atoms with Gasteiger partial charge in [-0.05, 0) is 116 Å². The lowest BCUT2D eigenvalue weighted by Gasteiger charge is -2.18. The molecule has 0 aliphatic rings. The quantitative estimate of drug-likeness (QED) is 0.0262. The third kappa shape index (κ3) is 55.1. The molecule has 6 heteroatoms. The van der Waals surface area contributed by atoms with Crippen molar-refractivity contribution in [2.75, 3.05) is 13.2 Å². The van der Waals surface area contributed by atoms with Gasteiger partial charge in [0.1, 0.15) is 13.2 Å². The number of carbonyl (C=O) groups excluding carboxylic acids is 3. The number of rotatable bonds is 51. The zero-order valence-corrected chi connectivity index (χ0v) is 45.0. The Morgan fingerprint density at radius 3 is 0.957 bits per heavy atom. The minimum atomic E-state index is -0.790. The number of carbonyl (C=O) groups is 3. The van der Waals surface area contributed by atoms with E-state index in [1.165, 1.54) is 96.3 Å². The molecule has 1 atom stereocenters. The standard InChI is InChI=1S/C63H106O6/c1-4-7-10-13-16-19-22-24-26-28-30-31-32-33-34-36-37-39-41-44-47-50-53-56-62(65)68-59-60(58-67-61(64)55-52-49-46-43-21-18-15-12-9-6-3)69-63(66)57-54-51-48-45-42-40-38-35-29-27-25-23-20-17-14-11-8-5-2/h7,10,12,15-16,19-20,23-24,26-27,29-31,33-34,60H,4-6,8-9,11,13-14,17-18,21-22,25,28,32,35-59H2,1-3H3/b10-7-,15-12-,19-16-,23-20-,26-24-,29-27-,31-30-,34-33-. The van der Waals surface area contributed by atoms with Gasteiger partial charge in [0.25, 0.3) is 0 Å². The van der Waals surface area contributed by atoms with Crippen LogP contribution in [0.25, 0.3) is 0 Å². The Morgan fingerprint density at radius 1 is 0.304 bits per heavy atom. The number of unbranched alkanes of at least 4 members (excludes halogenated alkanes) is 24. The fourth-order valence-electron chi connectivity index (χ4n) is 7.74. The highest BCUT2D eigenvalue weighted by atomic mass is 16.6. The maximum absolute atomic E-state index is 12.8. The molecule has 0 bridgehead atoms. The van der Waals surface area contributed by atoms with E-state index in [4.69, 9.17) is 14.2 Å². The Bertz CT molecular complexity index is 1380. The van der Waals surface area contributed by atoms with Gasteiger partial charge in [0.05, 0.1) is 0 Å². The molecule has 0 fully saturated rings. The van der Waals surface area contributed by atoms with Gasteiger partial charge < -0.3 is 14.2 Å². The zero-order chi connectivity index (χ0) is 50.0. The summed E-state index contributed by atoms with van der Waals surface area (Å²) in [7, 11) is 0. The van der Waals surface area contributed by atoms with E-state index in [0.717, 1.165) is 128 Å². The fraction of sp³-hybridized carbons (Fsp3) is 0.698. The topological polar surface area (TPSA) is 78.9 Å². The first-order valence-electron chi connectivity index (χ1n) is 28.7. The molecule has 0 saturated carbocycles. The average Bonchev–Trinajstić information content (AvgIpc) is 3.35. The summed E-state index contributed by atoms with van der Waals surface area (Å²) in [5, 5.41) is 0. The first-order chi connectivity index (χ1) is 34.0. The van der Waals surface area contributed by atoms with Crippen LogP contribution in [0.3, 0.4) is 0 Å². The minimum absolute atomic E-state index is 0.0892. The molecule has 0 spiro atoms. The van der Waals surface area contributed by atoms with Crippen molar-refractivity contribution in [2.24, 2.45) is 0 Å². The van der Waals surface area contributed by atoms with Crippen molar-refractivity contribution in [3.05, 3.63) is 97.2 Å². The molecule has 69 heavy (non-hydrogen) atoms. The third-order valence-electron chi connectivity index (χ3n) is 12.0. The summed E-state index contributed by atoms with van der Waals surface area (Å²) in [6, 6.07) is 0. The van der Waals surface area contributed by atoms with Gasteiger partial charge in [-0.15, -0.1) is 0 Å². The number of ether oxygens (including phenoxy) is 3. The predicted molar refractivity (Wildman–Crippen MR) is 297 cm³/mol. The van der Waals surface area contributed by atoms with E-state index in [2.05, 4.69) is 118 Å². The molecule has 0 N–H and O–H groups in total. The molecule has 0 rings (SSSR count). The van der Waals surface area contributed by atoms with Gasteiger partial charge in [-0.3, -0.25) is 14.4 Å². The number of esters is 3. The highest BCUT2D eigenvalue weighted by Crippen LogP contribution is 2.14. The Labute approximate surface area is 426 Å². The number of allylic oxidation sites excluding steroid dienone is 16. The lowest BCUT2D eigenvalue weighted by Crippen LogP contribution is -2.30. The molecule has 0 radical (unpaired) electrons. The van der Waals surface area contributed by atoms with Crippen molar-refractivity contribution in [1.82, 2.24) is 0 Å². The molecular weight excluding hydrogens is 853 g/mol. The smallest absolute Gasteiger partial charge is 0.306 e. The van der Waals surface area contributed by atoms with Crippen LogP contribution >= 0.6 is 0 Å². The summed E-state index contributed by atoms with van der Waals surface area (Å²) in [5.41, 5.74) is 0. The highest BCUT2D eigenvalue weighted by molar-refractivity contribution is 5.71. The molecule has 6 nitrogen and oxygen atoms in total. The second kappa shape index (κ2) is 56.9. The Morgan fingerprint density at radius 2 is 0.594 bits per heavy atom. The molecular formula is C63H106O6. The summed E-state index contributed by atoms with van der Waals surface area (Å²) in [5.74, 6) is -0.916. The SMILES string of the molecule is CC/C=C\C/C=C\C/C=C\C/C=C\C/C=C\CCCCCCCCCC(=O)OCC(COC(=O)CCCCCCC/C=C\CCC)OC(=O)CCCCCCCCC/C=C\C/C=C\CCCCCC. The van der Waals surface area contributed by atoms with Crippen molar-refractivity contribution in [2.45, 2.75) is 271 Å². The molecule has 0 heterocycles. The molecule has 0 saturated heterocycles. The van der Waals surface area contributed by atoms with E-state index >= 15 is 0 Å². The molecule has 0 amide bonds. The van der Waals surface area contributed by atoms with Crippen LogP contribution in [0.4, 0.5) is 0 Å². The van der Waals surface area contributed by atoms with Gasteiger partial charge in [-0.1, -0.05) is 227 Å². The van der Waals surface area contributed by atoms with Crippen molar-refractivity contribution in [1.29, 1.82) is 0 Å². The normalized spacial score (nSPS) is 12.8. The second-order valence-electron chi connectivity index (χ2n) is 18.8. The van der Waals surface area contributed by atoms with Crippen molar-refractivity contribution >= 4 is 17.9 Å². The fourth-order valence-corrected chi connectivity index (χ4v) is 7.74. The van der Waals surface area contributed by atoms with Crippen LogP contribution in [0, 0.1) is 0 Å². The maximum atomic E-state index is 12.8. The van der Waals surface area contributed by atoms with E-state index in [0.29, 0.717) is 19.3 Å². The van der Waals surface area contributed by atoms with Crippen LogP contribution in [0.15, 0.2) is 97.2 Å². The van der Waals surface area contributed by atoms with Gasteiger partial charge >= 0.3 is 17.9 Å². The van der Waals surface area contributed by atoms with Crippen LogP contribution in [-0.4, -0.2) is 37.2 Å². The molecule has 0 aromatic carbocycles. The van der Waals surface area contributed by atoms with Gasteiger partial charge in [-0.2, -0.15) is 0 Å². The third-order valence-corrected chi connectivity index (χ3v) is 12.0.